The van der Waals surface area contributed by atoms with Gasteiger partial charge in [0, 0.05) is 23.7 Å². The van der Waals surface area contributed by atoms with Crippen LogP contribution in [0.4, 0.5) is 10.1 Å². The summed E-state index contributed by atoms with van der Waals surface area (Å²) in [7, 11) is 1.56. The molecule has 33 heavy (non-hydrogen) atoms. The lowest BCUT2D eigenvalue weighted by Crippen LogP contribution is -2.15. The van der Waals surface area contributed by atoms with Crippen LogP contribution in [0.3, 0.4) is 0 Å². The summed E-state index contributed by atoms with van der Waals surface area (Å²) in [6.45, 7) is 2.82. The standard InChI is InChI=1S/C24H24FN3O5/c1-31-23-9-18-20(10-24(23)32-13-14-6-15-11-26-12-16(15)7-14)27-5-4-21(18)33-22-3-2-17(28(29)30)8-19(22)25/h2-5,8-10,14-16,26H,6-7,11-13H2,1H3/t14?,15-,16?/m0/s1. The third kappa shape index (κ3) is 4.28. The van der Waals surface area contributed by atoms with Gasteiger partial charge < -0.3 is 19.5 Å². The molecule has 1 aliphatic carbocycles. The average Bonchev–Trinajstić information content (AvgIpc) is 3.40. The number of nitro benzene ring substituents is 1. The number of pyridine rings is 1. The van der Waals surface area contributed by atoms with Crippen LogP contribution >= 0.6 is 0 Å². The van der Waals surface area contributed by atoms with Gasteiger partial charge in [0.25, 0.3) is 5.69 Å². The molecule has 0 spiro atoms. The number of hydrogen-bond donors (Lipinski definition) is 1. The fourth-order valence-corrected chi connectivity index (χ4v) is 4.93. The molecule has 0 bridgehead atoms. The normalized spacial score (nSPS) is 21.7. The molecule has 2 heterocycles. The van der Waals surface area contributed by atoms with Crippen LogP contribution in [0.15, 0.2) is 42.6 Å². The molecule has 8 nitrogen and oxygen atoms in total. The van der Waals surface area contributed by atoms with Crippen LogP contribution in [-0.2, 0) is 0 Å². The van der Waals surface area contributed by atoms with Crippen LogP contribution in [-0.4, -0.2) is 36.7 Å². The molecule has 2 aliphatic rings. The van der Waals surface area contributed by atoms with E-state index in [-0.39, 0.29) is 11.4 Å². The zero-order valence-corrected chi connectivity index (χ0v) is 18.1. The van der Waals surface area contributed by atoms with Crippen molar-refractivity contribution < 1.29 is 23.5 Å². The minimum Gasteiger partial charge on any atom is -0.493 e. The Bertz CT molecular complexity index is 1190. The first-order valence-corrected chi connectivity index (χ1v) is 10.9. The van der Waals surface area contributed by atoms with Gasteiger partial charge in [-0.25, -0.2) is 4.39 Å². The van der Waals surface area contributed by atoms with Gasteiger partial charge in [0.1, 0.15) is 5.75 Å². The van der Waals surface area contributed by atoms with Crippen molar-refractivity contribution in [3.05, 3.63) is 58.5 Å². The summed E-state index contributed by atoms with van der Waals surface area (Å²) in [5.41, 5.74) is 0.267. The second kappa shape index (κ2) is 8.82. The van der Waals surface area contributed by atoms with Crippen molar-refractivity contribution in [2.75, 3.05) is 26.8 Å². The lowest BCUT2D eigenvalue weighted by Gasteiger charge is -2.17. The molecular weight excluding hydrogens is 429 g/mol. The number of nitro groups is 1. The average molecular weight is 453 g/mol. The summed E-state index contributed by atoms with van der Waals surface area (Å²) >= 11 is 0. The van der Waals surface area contributed by atoms with E-state index in [2.05, 4.69) is 10.3 Å². The number of nitrogens with one attached hydrogen (secondary N) is 1. The molecule has 1 aromatic heterocycles. The van der Waals surface area contributed by atoms with E-state index in [1.54, 1.807) is 31.5 Å². The van der Waals surface area contributed by atoms with Crippen LogP contribution in [0.25, 0.3) is 10.9 Å². The van der Waals surface area contributed by atoms with Gasteiger partial charge in [-0.05, 0) is 61.9 Å². The van der Waals surface area contributed by atoms with Crippen molar-refractivity contribution in [3.8, 4) is 23.0 Å². The third-order valence-electron chi connectivity index (χ3n) is 6.56. The largest absolute Gasteiger partial charge is 0.493 e. The monoisotopic (exact) mass is 453 g/mol. The SMILES string of the molecule is COc1cc2c(Oc3ccc([N+](=O)[O-])cc3F)ccnc2cc1OCC1CC2CNC[C@@H]2C1. The lowest BCUT2D eigenvalue weighted by atomic mass is 10.0. The number of aromatic nitrogens is 1. The highest BCUT2D eigenvalue weighted by atomic mass is 19.1. The highest BCUT2D eigenvalue weighted by Gasteiger charge is 2.37. The molecule has 1 saturated heterocycles. The quantitative estimate of drug-likeness (QED) is 0.409. The number of hydrogen-bond acceptors (Lipinski definition) is 7. The maximum absolute atomic E-state index is 14.3. The molecular formula is C24H24FN3O5. The van der Waals surface area contributed by atoms with Crippen molar-refractivity contribution in [2.45, 2.75) is 12.8 Å². The molecule has 1 N–H and O–H groups in total. The first kappa shape index (κ1) is 21.4. The van der Waals surface area contributed by atoms with E-state index in [0.717, 1.165) is 31.0 Å². The van der Waals surface area contributed by atoms with Gasteiger partial charge >= 0.3 is 0 Å². The fraction of sp³-hybridized carbons (Fsp3) is 0.375. The Kier molecular flexibility index (Phi) is 5.72. The van der Waals surface area contributed by atoms with Crippen LogP contribution in [0.5, 0.6) is 23.0 Å². The van der Waals surface area contributed by atoms with Crippen LogP contribution in [0.1, 0.15) is 12.8 Å². The van der Waals surface area contributed by atoms with Gasteiger partial charge in [-0.2, -0.15) is 0 Å². The highest BCUT2D eigenvalue weighted by molar-refractivity contribution is 5.88. The van der Waals surface area contributed by atoms with E-state index in [0.29, 0.717) is 40.7 Å². The molecule has 9 heteroatoms. The molecule has 1 aliphatic heterocycles. The molecule has 2 fully saturated rings. The van der Waals surface area contributed by atoms with Gasteiger partial charge in [0.15, 0.2) is 23.1 Å². The number of nitrogens with zero attached hydrogens (tertiary/aromatic N) is 2. The van der Waals surface area contributed by atoms with E-state index in [1.807, 2.05) is 0 Å². The second-order valence-corrected chi connectivity index (χ2v) is 8.63. The molecule has 2 aromatic carbocycles. The predicted octanol–water partition coefficient (Wildman–Crippen LogP) is 4.71. The Hall–Kier alpha value is -3.46. The smallest absolute Gasteiger partial charge is 0.272 e. The minimum absolute atomic E-state index is 0.117. The van der Waals surface area contributed by atoms with Crippen LogP contribution < -0.4 is 19.5 Å². The van der Waals surface area contributed by atoms with Crippen molar-refractivity contribution in [1.82, 2.24) is 10.3 Å². The van der Waals surface area contributed by atoms with Gasteiger partial charge in [-0.1, -0.05) is 0 Å². The number of rotatable bonds is 7. The van der Waals surface area contributed by atoms with E-state index < -0.39 is 10.7 Å². The second-order valence-electron chi connectivity index (χ2n) is 8.63. The number of benzene rings is 2. The van der Waals surface area contributed by atoms with Crippen LogP contribution in [0.2, 0.25) is 0 Å². The topological polar surface area (TPSA) is 95.8 Å². The fourth-order valence-electron chi connectivity index (χ4n) is 4.93. The van der Waals surface area contributed by atoms with Gasteiger partial charge in [0.2, 0.25) is 0 Å². The van der Waals surface area contributed by atoms with Gasteiger partial charge in [-0.15, -0.1) is 0 Å². The van der Waals surface area contributed by atoms with E-state index in [1.165, 1.54) is 25.0 Å². The van der Waals surface area contributed by atoms with Crippen molar-refractivity contribution in [2.24, 2.45) is 17.8 Å². The Morgan fingerprint density at radius 1 is 1.09 bits per heavy atom. The highest BCUT2D eigenvalue weighted by Crippen LogP contribution is 2.41. The summed E-state index contributed by atoms with van der Waals surface area (Å²) in [6, 6.07) is 8.42. The lowest BCUT2D eigenvalue weighted by molar-refractivity contribution is -0.385. The third-order valence-corrected chi connectivity index (χ3v) is 6.56. The van der Waals surface area contributed by atoms with E-state index in [4.69, 9.17) is 14.2 Å². The molecule has 0 amide bonds. The van der Waals surface area contributed by atoms with Crippen LogP contribution in [0, 0.1) is 33.7 Å². The first-order valence-electron chi connectivity index (χ1n) is 10.9. The minimum atomic E-state index is -0.822. The predicted molar refractivity (Wildman–Crippen MR) is 119 cm³/mol. The maximum Gasteiger partial charge on any atom is 0.272 e. The number of halogens is 1. The molecule has 1 saturated carbocycles. The first-order chi connectivity index (χ1) is 16.0. The Labute approximate surface area is 189 Å². The summed E-state index contributed by atoms with van der Waals surface area (Å²) in [6.07, 6.45) is 3.90. The Morgan fingerprint density at radius 3 is 2.58 bits per heavy atom. The molecule has 5 rings (SSSR count). The molecule has 3 atom stereocenters. The number of ether oxygens (including phenoxy) is 3. The van der Waals surface area contributed by atoms with E-state index >= 15 is 0 Å². The van der Waals surface area contributed by atoms with Crippen molar-refractivity contribution in [1.29, 1.82) is 0 Å². The molecule has 2 unspecified atom stereocenters. The summed E-state index contributed by atoms with van der Waals surface area (Å²) < 4.78 is 31.8. The zero-order valence-electron chi connectivity index (χ0n) is 18.1. The molecule has 3 aromatic rings. The Morgan fingerprint density at radius 2 is 1.88 bits per heavy atom. The number of non-ortho nitro benzene ring substituents is 1. The number of fused-ring (bicyclic) bond motifs is 2. The van der Waals surface area contributed by atoms with E-state index in [9.17, 15) is 14.5 Å². The maximum atomic E-state index is 14.3. The van der Waals surface area contributed by atoms with Gasteiger partial charge in [0.05, 0.1) is 30.2 Å². The number of methoxy groups -OCH3 is 1. The molecule has 172 valence electrons. The summed E-state index contributed by atoms with van der Waals surface area (Å²) in [4.78, 5) is 14.6. The summed E-state index contributed by atoms with van der Waals surface area (Å²) in [5, 5.41) is 14.9. The zero-order chi connectivity index (χ0) is 22.9. The Balaban J connectivity index is 1.37. The van der Waals surface area contributed by atoms with Gasteiger partial charge in [-0.3, -0.25) is 15.1 Å². The summed E-state index contributed by atoms with van der Waals surface area (Å²) in [5.74, 6) is 2.57. The molecule has 0 radical (unpaired) electrons. The van der Waals surface area contributed by atoms with Crippen molar-refractivity contribution >= 4 is 16.6 Å². The van der Waals surface area contributed by atoms with Crippen molar-refractivity contribution in [3.63, 3.8) is 0 Å².